The van der Waals surface area contributed by atoms with E-state index in [-0.39, 0.29) is 21.9 Å². The molecule has 1 aromatic heterocycles. The maximum Gasteiger partial charge on any atom is 0.282 e. The summed E-state index contributed by atoms with van der Waals surface area (Å²) in [6.45, 7) is 0.267. The van der Waals surface area contributed by atoms with Crippen LogP contribution < -0.4 is 5.32 Å². The molecule has 0 saturated heterocycles. The van der Waals surface area contributed by atoms with Gasteiger partial charge >= 0.3 is 0 Å². The smallest absolute Gasteiger partial charge is 0.282 e. The van der Waals surface area contributed by atoms with Gasteiger partial charge in [0.15, 0.2) is 0 Å². The van der Waals surface area contributed by atoms with Crippen LogP contribution in [0.4, 0.5) is 0 Å². The van der Waals surface area contributed by atoms with Crippen molar-refractivity contribution in [2.75, 3.05) is 6.54 Å². The van der Waals surface area contributed by atoms with Crippen molar-refractivity contribution in [3.8, 4) is 0 Å². The van der Waals surface area contributed by atoms with E-state index in [4.69, 9.17) is 11.6 Å². The van der Waals surface area contributed by atoms with E-state index >= 15 is 0 Å². The lowest BCUT2D eigenvalue weighted by Gasteiger charge is -2.31. The topological polar surface area (TPSA) is 75.1 Å². The highest BCUT2D eigenvalue weighted by atomic mass is 35.5. The Morgan fingerprint density at radius 1 is 1.41 bits per heavy atom. The third kappa shape index (κ3) is 3.37. The zero-order chi connectivity index (χ0) is 12.3. The standard InChI is InChI=1S/C10H14ClN3O2S/c11-9-14-13-8(17-9)7(15)12-6-10(16)4-2-1-3-5-10/h16H,1-6H2,(H,12,15). The second-order valence-corrected chi connectivity index (χ2v) is 5.89. The molecule has 1 fully saturated rings. The predicted octanol–water partition coefficient (Wildman–Crippen LogP) is 1.62. The number of rotatable bonds is 3. The zero-order valence-electron chi connectivity index (χ0n) is 9.28. The number of aliphatic hydroxyl groups is 1. The van der Waals surface area contributed by atoms with Crippen molar-refractivity contribution in [2.24, 2.45) is 0 Å². The first-order valence-corrected chi connectivity index (χ1v) is 6.78. The van der Waals surface area contributed by atoms with Crippen LogP contribution in [0.15, 0.2) is 0 Å². The predicted molar refractivity (Wildman–Crippen MR) is 65.3 cm³/mol. The summed E-state index contributed by atoms with van der Waals surface area (Å²) >= 11 is 6.63. The SMILES string of the molecule is O=C(NCC1(O)CCCCC1)c1nnc(Cl)s1. The van der Waals surface area contributed by atoms with E-state index in [1.165, 1.54) is 0 Å². The van der Waals surface area contributed by atoms with Crippen LogP contribution >= 0.6 is 22.9 Å². The number of nitrogens with zero attached hydrogens (tertiary/aromatic N) is 2. The maximum atomic E-state index is 11.7. The molecule has 7 heteroatoms. The summed E-state index contributed by atoms with van der Waals surface area (Å²) in [6, 6.07) is 0. The molecule has 0 aromatic carbocycles. The average Bonchev–Trinajstić information content (AvgIpc) is 2.74. The summed E-state index contributed by atoms with van der Waals surface area (Å²) < 4.78 is 0.242. The molecule has 0 radical (unpaired) electrons. The molecule has 17 heavy (non-hydrogen) atoms. The van der Waals surface area contributed by atoms with Gasteiger partial charge in [-0.15, -0.1) is 10.2 Å². The second-order valence-electron chi connectivity index (χ2n) is 4.33. The fourth-order valence-corrected chi connectivity index (χ4v) is 2.75. The Labute approximate surface area is 108 Å². The van der Waals surface area contributed by atoms with Gasteiger partial charge in [-0.25, -0.2) is 0 Å². The van der Waals surface area contributed by atoms with E-state index in [9.17, 15) is 9.90 Å². The number of nitrogens with one attached hydrogen (secondary N) is 1. The Bertz CT molecular complexity index is 404. The van der Waals surface area contributed by atoms with E-state index in [2.05, 4.69) is 15.5 Å². The first-order chi connectivity index (χ1) is 8.09. The monoisotopic (exact) mass is 275 g/mol. The van der Waals surface area contributed by atoms with Crippen molar-refractivity contribution < 1.29 is 9.90 Å². The third-order valence-corrected chi connectivity index (χ3v) is 3.97. The number of amides is 1. The Morgan fingerprint density at radius 3 is 2.71 bits per heavy atom. The van der Waals surface area contributed by atoms with E-state index in [0.29, 0.717) is 0 Å². The average molecular weight is 276 g/mol. The maximum absolute atomic E-state index is 11.7. The summed E-state index contributed by atoms with van der Waals surface area (Å²) in [4.78, 5) is 11.7. The third-order valence-electron chi connectivity index (χ3n) is 2.96. The van der Waals surface area contributed by atoms with Crippen molar-refractivity contribution in [1.82, 2.24) is 15.5 Å². The Kier molecular flexibility index (Phi) is 3.96. The highest BCUT2D eigenvalue weighted by Crippen LogP contribution is 2.27. The summed E-state index contributed by atoms with van der Waals surface area (Å²) in [5.74, 6) is -0.326. The molecule has 2 rings (SSSR count). The molecular formula is C10H14ClN3O2S. The van der Waals surface area contributed by atoms with Crippen LogP contribution in [0.25, 0.3) is 0 Å². The van der Waals surface area contributed by atoms with Crippen molar-refractivity contribution in [3.63, 3.8) is 0 Å². The second kappa shape index (κ2) is 5.29. The van der Waals surface area contributed by atoms with Crippen molar-refractivity contribution in [2.45, 2.75) is 37.7 Å². The summed E-state index contributed by atoms with van der Waals surface area (Å²) in [5, 5.41) is 20.3. The van der Waals surface area contributed by atoms with Crippen LogP contribution in [0.2, 0.25) is 4.47 Å². The molecule has 0 aliphatic heterocycles. The minimum atomic E-state index is -0.762. The highest BCUT2D eigenvalue weighted by molar-refractivity contribution is 7.17. The van der Waals surface area contributed by atoms with Crippen LogP contribution in [0.5, 0.6) is 0 Å². The molecule has 1 saturated carbocycles. The van der Waals surface area contributed by atoms with Gasteiger partial charge in [-0.3, -0.25) is 4.79 Å². The minimum absolute atomic E-state index is 0.231. The molecule has 0 atom stereocenters. The molecule has 2 N–H and O–H groups in total. The number of halogens is 1. The molecule has 1 heterocycles. The minimum Gasteiger partial charge on any atom is -0.388 e. The molecule has 0 spiro atoms. The van der Waals surface area contributed by atoms with Gasteiger partial charge in [-0.2, -0.15) is 0 Å². The van der Waals surface area contributed by atoms with Gasteiger partial charge in [0.2, 0.25) is 9.47 Å². The lowest BCUT2D eigenvalue weighted by Crippen LogP contribution is -2.44. The molecule has 1 aromatic rings. The molecule has 1 aliphatic carbocycles. The number of aromatic nitrogens is 2. The fraction of sp³-hybridized carbons (Fsp3) is 0.700. The number of hydrogen-bond acceptors (Lipinski definition) is 5. The molecule has 1 aliphatic rings. The van der Waals surface area contributed by atoms with Gasteiger partial charge in [-0.1, -0.05) is 30.6 Å². The summed E-state index contributed by atoms with van der Waals surface area (Å²) in [7, 11) is 0. The lowest BCUT2D eigenvalue weighted by atomic mass is 9.85. The molecule has 5 nitrogen and oxygen atoms in total. The van der Waals surface area contributed by atoms with E-state index < -0.39 is 5.60 Å². The number of carbonyl (C=O) groups excluding carboxylic acids is 1. The van der Waals surface area contributed by atoms with Crippen molar-refractivity contribution >= 4 is 28.8 Å². The summed E-state index contributed by atoms with van der Waals surface area (Å²) in [5.41, 5.74) is -0.762. The van der Waals surface area contributed by atoms with Crippen LogP contribution in [0.1, 0.15) is 41.9 Å². The van der Waals surface area contributed by atoms with Crippen molar-refractivity contribution in [3.05, 3.63) is 9.47 Å². The van der Waals surface area contributed by atoms with Crippen LogP contribution in [-0.4, -0.2) is 33.4 Å². The van der Waals surface area contributed by atoms with Crippen molar-refractivity contribution in [1.29, 1.82) is 0 Å². The van der Waals surface area contributed by atoms with Gasteiger partial charge in [-0.05, 0) is 24.4 Å². The number of carbonyl (C=O) groups is 1. The Morgan fingerprint density at radius 2 is 2.12 bits per heavy atom. The molecule has 0 unspecified atom stereocenters. The first kappa shape index (κ1) is 12.7. The van der Waals surface area contributed by atoms with Crippen LogP contribution in [0.3, 0.4) is 0 Å². The molecule has 0 bridgehead atoms. The van der Waals surface area contributed by atoms with Gasteiger partial charge in [0, 0.05) is 6.54 Å². The Balaban J connectivity index is 1.87. The van der Waals surface area contributed by atoms with Gasteiger partial charge in [0.25, 0.3) is 5.91 Å². The normalized spacial score (nSPS) is 18.9. The Hall–Kier alpha value is -0.720. The number of hydrogen-bond donors (Lipinski definition) is 2. The van der Waals surface area contributed by atoms with Gasteiger partial charge in [0.05, 0.1) is 5.60 Å². The van der Waals surface area contributed by atoms with Crippen LogP contribution in [0, 0.1) is 0 Å². The van der Waals surface area contributed by atoms with E-state index in [1.807, 2.05) is 0 Å². The zero-order valence-corrected chi connectivity index (χ0v) is 10.9. The molecule has 94 valence electrons. The quantitative estimate of drug-likeness (QED) is 0.879. The highest BCUT2D eigenvalue weighted by Gasteiger charge is 2.29. The van der Waals surface area contributed by atoms with Gasteiger partial charge in [0.1, 0.15) is 0 Å². The fourth-order valence-electron chi connectivity index (χ4n) is 2.00. The van der Waals surface area contributed by atoms with E-state index in [0.717, 1.165) is 43.4 Å². The van der Waals surface area contributed by atoms with Gasteiger partial charge < -0.3 is 10.4 Å². The lowest BCUT2D eigenvalue weighted by molar-refractivity contribution is 0.00525. The summed E-state index contributed by atoms with van der Waals surface area (Å²) in [6.07, 6.45) is 4.66. The largest absolute Gasteiger partial charge is 0.388 e. The molecular weight excluding hydrogens is 262 g/mol. The first-order valence-electron chi connectivity index (χ1n) is 5.59. The molecule has 1 amide bonds. The van der Waals surface area contributed by atoms with Crippen LogP contribution in [-0.2, 0) is 0 Å². The van der Waals surface area contributed by atoms with E-state index in [1.54, 1.807) is 0 Å².